The van der Waals surface area contributed by atoms with E-state index in [2.05, 4.69) is 10.2 Å². The van der Waals surface area contributed by atoms with Crippen molar-refractivity contribution in [1.29, 1.82) is 0 Å². The molecule has 3 fully saturated rings. The number of hydrogen-bond donors (Lipinski definition) is 1. The molecule has 1 unspecified atom stereocenters. The minimum Gasteiger partial charge on any atom is -0.340 e. The summed E-state index contributed by atoms with van der Waals surface area (Å²) in [5.41, 5.74) is 0.359. The van der Waals surface area contributed by atoms with Gasteiger partial charge in [0.2, 0.25) is 5.91 Å². The quantitative estimate of drug-likeness (QED) is 0.891. The lowest BCUT2D eigenvalue weighted by Gasteiger charge is -2.33. The summed E-state index contributed by atoms with van der Waals surface area (Å²) in [6, 6.07) is 6.01. The molecule has 0 bridgehead atoms. The molecule has 24 heavy (non-hydrogen) atoms. The standard InChI is InChI=1S/C18H23Cl2N3O/c19-14-2-1-3-15(20)16(14)18(5-6-18)17(24)23-9-4-13(12-23)22-10-7-21-8-11-22/h1-3,13,21H,4-12H2. The Kier molecular flexibility index (Phi) is 4.50. The summed E-state index contributed by atoms with van der Waals surface area (Å²) >= 11 is 12.8. The molecule has 0 radical (unpaired) electrons. The van der Waals surface area contributed by atoms with Crippen LogP contribution in [0.15, 0.2) is 18.2 Å². The summed E-state index contributed by atoms with van der Waals surface area (Å²) < 4.78 is 0. The first-order valence-corrected chi connectivity index (χ1v) is 9.56. The SMILES string of the molecule is O=C(N1CCC(N2CCNCC2)C1)C1(c2c(Cl)cccc2Cl)CC1. The van der Waals surface area contributed by atoms with Crippen molar-refractivity contribution in [1.82, 2.24) is 15.1 Å². The Bertz CT molecular complexity index is 621. The van der Waals surface area contributed by atoms with Crippen molar-refractivity contribution in [2.24, 2.45) is 0 Å². The largest absolute Gasteiger partial charge is 0.340 e. The maximum absolute atomic E-state index is 13.2. The van der Waals surface area contributed by atoms with E-state index in [1.54, 1.807) is 0 Å². The van der Waals surface area contributed by atoms with Gasteiger partial charge in [0.1, 0.15) is 0 Å². The van der Waals surface area contributed by atoms with Crippen LogP contribution < -0.4 is 5.32 Å². The Hall–Kier alpha value is -0.810. The maximum atomic E-state index is 13.2. The molecule has 3 aliphatic rings. The number of piperazine rings is 1. The number of carbonyl (C=O) groups is 1. The lowest BCUT2D eigenvalue weighted by Crippen LogP contribution is -2.49. The number of halogens is 2. The van der Waals surface area contributed by atoms with Crippen LogP contribution in [0.3, 0.4) is 0 Å². The summed E-state index contributed by atoms with van der Waals surface area (Å²) in [6.45, 7) is 5.93. The van der Waals surface area contributed by atoms with Crippen LogP contribution in [0.4, 0.5) is 0 Å². The number of rotatable bonds is 3. The van der Waals surface area contributed by atoms with Crippen molar-refractivity contribution in [2.45, 2.75) is 30.7 Å². The third-order valence-electron chi connectivity index (χ3n) is 5.72. The van der Waals surface area contributed by atoms with Crippen LogP contribution in [0.1, 0.15) is 24.8 Å². The van der Waals surface area contributed by atoms with Gasteiger partial charge < -0.3 is 10.2 Å². The summed E-state index contributed by atoms with van der Waals surface area (Å²) in [6.07, 6.45) is 2.77. The highest BCUT2D eigenvalue weighted by molar-refractivity contribution is 6.36. The van der Waals surface area contributed by atoms with Crippen molar-refractivity contribution < 1.29 is 4.79 Å². The zero-order valence-corrected chi connectivity index (χ0v) is 15.2. The predicted molar refractivity (Wildman–Crippen MR) is 96.8 cm³/mol. The summed E-state index contributed by atoms with van der Waals surface area (Å²) in [5.74, 6) is 0.218. The van der Waals surface area contributed by atoms with E-state index < -0.39 is 5.41 Å². The smallest absolute Gasteiger partial charge is 0.233 e. The average molecular weight is 368 g/mol. The lowest BCUT2D eigenvalue weighted by atomic mass is 9.94. The number of amides is 1. The van der Waals surface area contributed by atoms with Crippen LogP contribution in [0.25, 0.3) is 0 Å². The third-order valence-corrected chi connectivity index (χ3v) is 6.35. The molecule has 1 N–H and O–H groups in total. The Labute approximate surface area is 153 Å². The van der Waals surface area contributed by atoms with Gasteiger partial charge in [0.05, 0.1) is 5.41 Å². The maximum Gasteiger partial charge on any atom is 0.233 e. The molecule has 1 atom stereocenters. The Morgan fingerprint density at radius 2 is 1.79 bits per heavy atom. The minimum atomic E-state index is -0.478. The number of likely N-dealkylation sites (tertiary alicyclic amines) is 1. The number of nitrogens with zero attached hydrogens (tertiary/aromatic N) is 2. The van der Waals surface area contributed by atoms with E-state index in [9.17, 15) is 4.79 Å². The van der Waals surface area contributed by atoms with Gasteiger partial charge in [0.25, 0.3) is 0 Å². The topological polar surface area (TPSA) is 35.6 Å². The fraction of sp³-hybridized carbons (Fsp3) is 0.611. The van der Waals surface area contributed by atoms with Crippen molar-refractivity contribution >= 4 is 29.1 Å². The molecule has 2 aliphatic heterocycles. The number of hydrogen-bond acceptors (Lipinski definition) is 3. The Balaban J connectivity index is 1.50. The first kappa shape index (κ1) is 16.6. The second-order valence-corrected chi connectivity index (χ2v) is 7.97. The fourth-order valence-corrected chi connectivity index (χ4v) is 4.98. The molecule has 1 aliphatic carbocycles. The lowest BCUT2D eigenvalue weighted by molar-refractivity contribution is -0.133. The number of nitrogens with one attached hydrogen (secondary N) is 1. The van der Waals surface area contributed by atoms with E-state index in [1.807, 2.05) is 23.1 Å². The van der Waals surface area contributed by atoms with E-state index in [1.165, 1.54) is 0 Å². The van der Waals surface area contributed by atoms with Crippen LogP contribution in [-0.2, 0) is 10.2 Å². The number of carbonyl (C=O) groups excluding carboxylic acids is 1. The highest BCUT2D eigenvalue weighted by Gasteiger charge is 2.55. The molecule has 1 saturated carbocycles. The molecule has 2 saturated heterocycles. The zero-order chi connectivity index (χ0) is 16.7. The second kappa shape index (κ2) is 6.49. The van der Waals surface area contributed by atoms with Crippen molar-refractivity contribution in [3.63, 3.8) is 0 Å². The third kappa shape index (κ3) is 2.84. The van der Waals surface area contributed by atoms with Crippen LogP contribution in [-0.4, -0.2) is 61.0 Å². The normalized spacial score (nSPS) is 26.6. The molecule has 4 nitrogen and oxygen atoms in total. The molecule has 130 valence electrons. The molecular weight excluding hydrogens is 345 g/mol. The van der Waals surface area contributed by atoms with Crippen LogP contribution in [0, 0.1) is 0 Å². The fourth-order valence-electron chi connectivity index (χ4n) is 4.23. The van der Waals surface area contributed by atoms with Gasteiger partial charge in [-0.2, -0.15) is 0 Å². The van der Waals surface area contributed by atoms with Crippen LogP contribution in [0.2, 0.25) is 10.0 Å². The minimum absolute atomic E-state index is 0.218. The molecule has 0 spiro atoms. The Morgan fingerprint density at radius 1 is 1.12 bits per heavy atom. The summed E-state index contributed by atoms with van der Waals surface area (Å²) in [4.78, 5) is 17.8. The monoisotopic (exact) mass is 367 g/mol. The molecule has 6 heteroatoms. The number of benzene rings is 1. The molecule has 0 aromatic heterocycles. The van der Waals surface area contributed by atoms with Crippen molar-refractivity contribution in [3.8, 4) is 0 Å². The molecular formula is C18H23Cl2N3O. The van der Waals surface area contributed by atoms with E-state index in [-0.39, 0.29) is 5.91 Å². The van der Waals surface area contributed by atoms with Gasteiger partial charge in [-0.15, -0.1) is 0 Å². The van der Waals surface area contributed by atoms with Gasteiger partial charge in [-0.3, -0.25) is 9.69 Å². The first-order chi connectivity index (χ1) is 11.6. The molecule has 1 aromatic carbocycles. The molecule has 4 rings (SSSR count). The average Bonchev–Trinajstić information content (AvgIpc) is 3.23. The van der Waals surface area contributed by atoms with Crippen molar-refractivity contribution in [3.05, 3.63) is 33.8 Å². The van der Waals surface area contributed by atoms with E-state index in [4.69, 9.17) is 23.2 Å². The van der Waals surface area contributed by atoms with Gasteiger partial charge in [0.15, 0.2) is 0 Å². The van der Waals surface area contributed by atoms with Gasteiger partial charge in [-0.25, -0.2) is 0 Å². The summed E-state index contributed by atoms with van der Waals surface area (Å²) in [7, 11) is 0. The second-order valence-electron chi connectivity index (χ2n) is 7.16. The summed E-state index contributed by atoms with van der Waals surface area (Å²) in [5, 5.41) is 4.62. The zero-order valence-electron chi connectivity index (χ0n) is 13.7. The predicted octanol–water partition coefficient (Wildman–Crippen LogP) is 2.53. The highest BCUT2D eigenvalue weighted by atomic mass is 35.5. The molecule has 1 amide bonds. The van der Waals surface area contributed by atoms with Crippen LogP contribution in [0.5, 0.6) is 0 Å². The van der Waals surface area contributed by atoms with Gasteiger partial charge in [0, 0.05) is 60.9 Å². The van der Waals surface area contributed by atoms with E-state index in [0.29, 0.717) is 16.1 Å². The van der Waals surface area contributed by atoms with E-state index >= 15 is 0 Å². The molecule has 1 aromatic rings. The van der Waals surface area contributed by atoms with Gasteiger partial charge >= 0.3 is 0 Å². The van der Waals surface area contributed by atoms with E-state index in [0.717, 1.165) is 64.1 Å². The Morgan fingerprint density at radius 3 is 2.42 bits per heavy atom. The van der Waals surface area contributed by atoms with Crippen LogP contribution >= 0.6 is 23.2 Å². The van der Waals surface area contributed by atoms with Crippen molar-refractivity contribution in [2.75, 3.05) is 39.3 Å². The highest BCUT2D eigenvalue weighted by Crippen LogP contribution is 2.54. The first-order valence-electron chi connectivity index (χ1n) is 8.80. The van der Waals surface area contributed by atoms with Gasteiger partial charge in [-0.05, 0) is 31.4 Å². The van der Waals surface area contributed by atoms with Gasteiger partial charge in [-0.1, -0.05) is 29.3 Å². The molecule has 2 heterocycles.